The van der Waals surface area contributed by atoms with Crippen molar-refractivity contribution >= 4 is 17.6 Å². The van der Waals surface area contributed by atoms with E-state index >= 15 is 0 Å². The number of carbonyl (C=O) groups excluding carboxylic acids is 1. The molecule has 2 aromatic heterocycles. The molecule has 0 aliphatic rings. The van der Waals surface area contributed by atoms with E-state index in [4.69, 9.17) is 4.74 Å². The summed E-state index contributed by atoms with van der Waals surface area (Å²) in [6, 6.07) is 22.0. The van der Waals surface area contributed by atoms with E-state index in [2.05, 4.69) is 10.3 Å². The van der Waals surface area contributed by atoms with E-state index in [0.29, 0.717) is 13.0 Å². The van der Waals surface area contributed by atoms with Crippen LogP contribution in [0, 0.1) is 17.1 Å². The second-order valence-electron chi connectivity index (χ2n) is 7.26. The van der Waals surface area contributed by atoms with Crippen LogP contribution in [0.25, 0.3) is 11.7 Å². The third-order valence-corrected chi connectivity index (χ3v) is 4.97. The maximum atomic E-state index is 14.2. The molecule has 1 N–H and O–H groups in total. The number of nitrogens with one attached hydrogen (secondary N) is 1. The zero-order valence-electron chi connectivity index (χ0n) is 17.9. The first kappa shape index (κ1) is 22.4. The number of amides is 1. The van der Waals surface area contributed by atoms with Crippen LogP contribution >= 0.6 is 0 Å². The summed E-state index contributed by atoms with van der Waals surface area (Å²) in [4.78, 5) is 30.1. The molecule has 7 nitrogen and oxygen atoms in total. The largest absolute Gasteiger partial charge is 0.435 e. The molecule has 0 saturated heterocycles. The van der Waals surface area contributed by atoms with Gasteiger partial charge in [-0.2, -0.15) is 10.2 Å². The van der Waals surface area contributed by atoms with Gasteiger partial charge in [-0.1, -0.05) is 48.5 Å². The third-order valence-electron chi connectivity index (χ3n) is 4.97. The van der Waals surface area contributed by atoms with Gasteiger partial charge >= 0.3 is 0 Å². The monoisotopic (exact) mass is 454 g/mol. The number of ether oxygens (including phenoxy) is 1. The molecule has 4 aromatic rings. The van der Waals surface area contributed by atoms with Gasteiger partial charge in [-0.3, -0.25) is 14.0 Å². The number of nitrogens with zero attached hydrogens (tertiary/aromatic N) is 3. The van der Waals surface area contributed by atoms with Crippen LogP contribution in [0.2, 0.25) is 0 Å². The van der Waals surface area contributed by atoms with Crippen molar-refractivity contribution in [2.75, 3.05) is 6.54 Å². The van der Waals surface area contributed by atoms with Crippen molar-refractivity contribution in [1.82, 2.24) is 14.7 Å². The standard InChI is InChI=1S/C26H19FN4O3/c27-21-10-4-5-11-22(21)34-25-20(26(33)31-15-7-6-12-23(31)30-25)16-19(17-28)24(32)29-14-13-18-8-2-1-3-9-18/h1-12,15-16H,13-14H2,(H,29,32). The van der Waals surface area contributed by atoms with Gasteiger partial charge in [-0.15, -0.1) is 0 Å². The molecule has 0 radical (unpaired) electrons. The van der Waals surface area contributed by atoms with Crippen LogP contribution in [-0.4, -0.2) is 21.8 Å². The van der Waals surface area contributed by atoms with Gasteiger partial charge < -0.3 is 10.1 Å². The molecular weight excluding hydrogens is 435 g/mol. The molecule has 0 bridgehead atoms. The third kappa shape index (κ3) is 5.00. The van der Waals surface area contributed by atoms with Gasteiger partial charge in [0.2, 0.25) is 5.88 Å². The van der Waals surface area contributed by atoms with Crippen LogP contribution in [-0.2, 0) is 11.2 Å². The fraction of sp³-hybridized carbons (Fsp3) is 0.0769. The molecule has 0 aliphatic heterocycles. The minimum absolute atomic E-state index is 0.143. The van der Waals surface area contributed by atoms with Gasteiger partial charge in [-0.25, -0.2) is 4.39 Å². The Bertz CT molecular complexity index is 1470. The van der Waals surface area contributed by atoms with Crippen LogP contribution < -0.4 is 15.6 Å². The van der Waals surface area contributed by atoms with Crippen LogP contribution in [0.15, 0.2) is 89.4 Å². The number of carbonyl (C=O) groups is 1. The van der Waals surface area contributed by atoms with Gasteiger partial charge in [0, 0.05) is 12.7 Å². The van der Waals surface area contributed by atoms with Crippen molar-refractivity contribution in [2.24, 2.45) is 0 Å². The van der Waals surface area contributed by atoms with Gasteiger partial charge in [0.25, 0.3) is 11.5 Å². The summed E-state index contributed by atoms with van der Waals surface area (Å²) in [6.07, 6.45) is 3.19. The van der Waals surface area contributed by atoms with E-state index in [1.807, 2.05) is 36.4 Å². The van der Waals surface area contributed by atoms with E-state index < -0.39 is 17.3 Å². The molecule has 0 aliphatic carbocycles. The minimum Gasteiger partial charge on any atom is -0.435 e. The fourth-order valence-electron chi connectivity index (χ4n) is 3.27. The summed E-state index contributed by atoms with van der Waals surface area (Å²) >= 11 is 0. The van der Waals surface area contributed by atoms with Crippen LogP contribution in [0.4, 0.5) is 4.39 Å². The zero-order chi connectivity index (χ0) is 23.9. The summed E-state index contributed by atoms with van der Waals surface area (Å²) in [5, 5.41) is 12.3. The molecule has 2 aromatic carbocycles. The average molecular weight is 454 g/mol. The summed E-state index contributed by atoms with van der Waals surface area (Å²) < 4.78 is 21.1. The van der Waals surface area contributed by atoms with E-state index in [-0.39, 0.29) is 28.4 Å². The first-order chi connectivity index (χ1) is 16.6. The summed E-state index contributed by atoms with van der Waals surface area (Å²) in [6.45, 7) is 0.301. The normalized spacial score (nSPS) is 11.1. The number of nitriles is 1. The van der Waals surface area contributed by atoms with Gasteiger partial charge in [-0.05, 0) is 42.3 Å². The SMILES string of the molecule is N#CC(=Cc1c(Oc2ccccc2F)nc2ccccn2c1=O)C(=O)NCCc1ccccc1. The molecule has 2 heterocycles. The molecule has 0 atom stereocenters. The quantitative estimate of drug-likeness (QED) is 0.338. The van der Waals surface area contributed by atoms with E-state index in [1.54, 1.807) is 24.3 Å². The Balaban J connectivity index is 1.68. The molecule has 1 amide bonds. The number of hydrogen-bond acceptors (Lipinski definition) is 5. The second kappa shape index (κ2) is 10.2. The Hall–Kier alpha value is -4.77. The molecule has 0 unspecified atom stereocenters. The predicted octanol–water partition coefficient (Wildman–Crippen LogP) is 3.89. The maximum absolute atomic E-state index is 14.2. The highest BCUT2D eigenvalue weighted by Gasteiger charge is 2.18. The number of aromatic nitrogens is 2. The Morgan fingerprint density at radius 2 is 1.82 bits per heavy atom. The molecule has 0 fully saturated rings. The summed E-state index contributed by atoms with van der Waals surface area (Å²) in [5.41, 5.74) is 0.273. The molecule has 8 heteroatoms. The smallest absolute Gasteiger partial charge is 0.269 e. The van der Waals surface area contributed by atoms with Crippen molar-refractivity contribution in [3.8, 4) is 17.7 Å². The molecule has 0 saturated carbocycles. The Morgan fingerprint density at radius 3 is 2.59 bits per heavy atom. The highest BCUT2D eigenvalue weighted by atomic mass is 19.1. The second-order valence-corrected chi connectivity index (χ2v) is 7.26. The molecular formula is C26H19FN4O3. The summed E-state index contributed by atoms with van der Waals surface area (Å²) in [7, 11) is 0. The molecule has 168 valence electrons. The first-order valence-corrected chi connectivity index (χ1v) is 10.4. The highest BCUT2D eigenvalue weighted by Crippen LogP contribution is 2.26. The molecule has 0 spiro atoms. The minimum atomic E-state index is -0.647. The van der Waals surface area contributed by atoms with Crippen LogP contribution in [0.5, 0.6) is 11.6 Å². The van der Waals surface area contributed by atoms with E-state index in [9.17, 15) is 19.2 Å². The van der Waals surface area contributed by atoms with Crippen LogP contribution in [0.3, 0.4) is 0 Å². The van der Waals surface area contributed by atoms with Gasteiger partial charge in [0.05, 0.1) is 0 Å². The van der Waals surface area contributed by atoms with Crippen molar-refractivity contribution in [3.05, 3.63) is 112 Å². The van der Waals surface area contributed by atoms with E-state index in [0.717, 1.165) is 11.6 Å². The lowest BCUT2D eigenvalue weighted by Gasteiger charge is -2.11. The summed E-state index contributed by atoms with van der Waals surface area (Å²) in [5.74, 6) is -1.65. The van der Waals surface area contributed by atoms with Crippen molar-refractivity contribution < 1.29 is 13.9 Å². The average Bonchev–Trinajstić information content (AvgIpc) is 2.86. The van der Waals surface area contributed by atoms with Crippen molar-refractivity contribution in [3.63, 3.8) is 0 Å². The van der Waals surface area contributed by atoms with Gasteiger partial charge in [0.15, 0.2) is 11.6 Å². The number of hydrogen-bond donors (Lipinski definition) is 1. The van der Waals surface area contributed by atoms with Gasteiger partial charge in [0.1, 0.15) is 22.9 Å². The lowest BCUT2D eigenvalue weighted by molar-refractivity contribution is -0.117. The predicted molar refractivity (Wildman–Crippen MR) is 125 cm³/mol. The lowest BCUT2D eigenvalue weighted by atomic mass is 10.1. The number of pyridine rings is 1. The zero-order valence-corrected chi connectivity index (χ0v) is 17.9. The molecule has 4 rings (SSSR count). The number of benzene rings is 2. The highest BCUT2D eigenvalue weighted by molar-refractivity contribution is 6.01. The Morgan fingerprint density at radius 1 is 1.09 bits per heavy atom. The Kier molecular flexibility index (Phi) is 6.75. The number of rotatable bonds is 7. The molecule has 34 heavy (non-hydrogen) atoms. The van der Waals surface area contributed by atoms with E-state index in [1.165, 1.54) is 28.8 Å². The first-order valence-electron chi connectivity index (χ1n) is 10.4. The van der Waals surface area contributed by atoms with Crippen molar-refractivity contribution in [2.45, 2.75) is 6.42 Å². The lowest BCUT2D eigenvalue weighted by Crippen LogP contribution is -2.27. The number of fused-ring (bicyclic) bond motifs is 1. The Labute approximate surface area is 194 Å². The fourth-order valence-corrected chi connectivity index (χ4v) is 3.27. The topological polar surface area (TPSA) is 96.5 Å². The maximum Gasteiger partial charge on any atom is 0.269 e. The van der Waals surface area contributed by atoms with Crippen LogP contribution in [0.1, 0.15) is 11.1 Å². The van der Waals surface area contributed by atoms with Crippen molar-refractivity contribution in [1.29, 1.82) is 5.26 Å². The number of halogens is 1. The number of para-hydroxylation sites is 1.